The van der Waals surface area contributed by atoms with Crippen molar-refractivity contribution < 1.29 is 4.79 Å². The van der Waals surface area contributed by atoms with Gasteiger partial charge in [-0.25, -0.2) is 4.98 Å². The lowest BCUT2D eigenvalue weighted by Gasteiger charge is -2.07. The second kappa shape index (κ2) is 6.78. The normalized spacial score (nSPS) is 11.6. The molecular formula is C14H14N4OS. The van der Waals surface area contributed by atoms with Crippen LogP contribution in [0.4, 0.5) is 0 Å². The molecule has 0 aromatic carbocycles. The van der Waals surface area contributed by atoms with Gasteiger partial charge in [0.25, 0.3) is 0 Å². The number of nitriles is 1. The molecular weight excluding hydrogens is 272 g/mol. The lowest BCUT2D eigenvalue weighted by atomic mass is 10.2. The standard InChI is InChI=1S/C14H14N4OS/c1-2-11(7-15)17-13(19)6-12-9-20-14(18-12)10-4-3-5-16-8-10/h3-5,8-9,11H,2,6H2,1H3,(H,17,19). The van der Waals surface area contributed by atoms with Gasteiger partial charge in [-0.3, -0.25) is 9.78 Å². The summed E-state index contributed by atoms with van der Waals surface area (Å²) in [5.74, 6) is -0.179. The van der Waals surface area contributed by atoms with Crippen LogP contribution in [0.15, 0.2) is 29.9 Å². The molecule has 0 aliphatic rings. The van der Waals surface area contributed by atoms with Gasteiger partial charge in [-0.2, -0.15) is 5.26 Å². The molecule has 6 heteroatoms. The van der Waals surface area contributed by atoms with Crippen LogP contribution in [0.2, 0.25) is 0 Å². The number of carbonyl (C=O) groups is 1. The molecule has 2 rings (SSSR count). The minimum atomic E-state index is -0.432. The van der Waals surface area contributed by atoms with Crippen molar-refractivity contribution in [1.82, 2.24) is 15.3 Å². The van der Waals surface area contributed by atoms with Gasteiger partial charge in [0.05, 0.1) is 18.2 Å². The van der Waals surface area contributed by atoms with Gasteiger partial charge in [-0.1, -0.05) is 6.92 Å². The van der Waals surface area contributed by atoms with Crippen LogP contribution in [0.25, 0.3) is 10.6 Å². The van der Waals surface area contributed by atoms with Crippen molar-refractivity contribution >= 4 is 17.2 Å². The lowest BCUT2D eigenvalue weighted by molar-refractivity contribution is -0.120. The predicted molar refractivity (Wildman–Crippen MR) is 76.9 cm³/mol. The summed E-state index contributed by atoms with van der Waals surface area (Å²) in [7, 11) is 0. The first-order valence-electron chi connectivity index (χ1n) is 6.26. The molecule has 1 N–H and O–H groups in total. The highest BCUT2D eigenvalue weighted by Gasteiger charge is 2.12. The maximum Gasteiger partial charge on any atom is 0.227 e. The second-order valence-corrected chi connectivity index (χ2v) is 5.08. The van der Waals surface area contributed by atoms with Crippen LogP contribution >= 0.6 is 11.3 Å². The van der Waals surface area contributed by atoms with Crippen LogP contribution in [0.3, 0.4) is 0 Å². The van der Waals surface area contributed by atoms with E-state index in [4.69, 9.17) is 5.26 Å². The molecule has 0 bridgehead atoms. The Morgan fingerprint density at radius 3 is 3.10 bits per heavy atom. The fourth-order valence-corrected chi connectivity index (χ4v) is 2.46. The third-order valence-electron chi connectivity index (χ3n) is 2.70. The first-order valence-corrected chi connectivity index (χ1v) is 7.14. The molecule has 5 nitrogen and oxygen atoms in total. The lowest BCUT2D eigenvalue weighted by Crippen LogP contribution is -2.34. The van der Waals surface area contributed by atoms with E-state index in [1.54, 1.807) is 12.4 Å². The summed E-state index contributed by atoms with van der Waals surface area (Å²) in [6, 6.07) is 5.39. The van der Waals surface area contributed by atoms with Crippen LogP contribution in [0, 0.1) is 11.3 Å². The third kappa shape index (κ3) is 3.62. The highest BCUT2D eigenvalue weighted by atomic mass is 32.1. The molecule has 0 radical (unpaired) electrons. The van der Waals surface area contributed by atoms with E-state index in [1.807, 2.05) is 30.5 Å². The zero-order valence-corrected chi connectivity index (χ0v) is 11.9. The van der Waals surface area contributed by atoms with Gasteiger partial charge in [-0.15, -0.1) is 11.3 Å². The number of amides is 1. The minimum absolute atomic E-state index is 0.179. The zero-order chi connectivity index (χ0) is 14.4. The number of carbonyl (C=O) groups excluding carboxylic acids is 1. The van der Waals surface area contributed by atoms with Gasteiger partial charge in [0.1, 0.15) is 11.0 Å². The SMILES string of the molecule is CCC(C#N)NC(=O)Cc1csc(-c2cccnc2)n1. The number of hydrogen-bond donors (Lipinski definition) is 1. The topological polar surface area (TPSA) is 78.7 Å². The van der Waals surface area contributed by atoms with Crippen LogP contribution in [0.1, 0.15) is 19.0 Å². The molecule has 20 heavy (non-hydrogen) atoms. The summed E-state index contributed by atoms with van der Waals surface area (Å²) < 4.78 is 0. The van der Waals surface area contributed by atoms with Gasteiger partial charge in [0.2, 0.25) is 5.91 Å². The van der Waals surface area contributed by atoms with Gasteiger partial charge in [0, 0.05) is 23.3 Å². The monoisotopic (exact) mass is 286 g/mol. The molecule has 0 fully saturated rings. The summed E-state index contributed by atoms with van der Waals surface area (Å²) >= 11 is 1.48. The van der Waals surface area contributed by atoms with Crippen LogP contribution in [0.5, 0.6) is 0 Å². The fourth-order valence-electron chi connectivity index (χ4n) is 1.65. The van der Waals surface area contributed by atoms with Crippen molar-refractivity contribution in [3.63, 3.8) is 0 Å². The summed E-state index contributed by atoms with van der Waals surface area (Å²) in [5.41, 5.74) is 1.65. The minimum Gasteiger partial charge on any atom is -0.340 e. The quantitative estimate of drug-likeness (QED) is 0.913. The average molecular weight is 286 g/mol. The number of thiazole rings is 1. The smallest absolute Gasteiger partial charge is 0.227 e. The molecule has 102 valence electrons. The van der Waals surface area contributed by atoms with Gasteiger partial charge in [0.15, 0.2) is 0 Å². The molecule has 1 atom stereocenters. The first kappa shape index (κ1) is 14.2. The predicted octanol–water partition coefficient (Wildman–Crippen LogP) is 2.17. The van der Waals surface area contributed by atoms with E-state index < -0.39 is 6.04 Å². The highest BCUT2D eigenvalue weighted by Crippen LogP contribution is 2.22. The van der Waals surface area contributed by atoms with E-state index in [0.29, 0.717) is 12.1 Å². The van der Waals surface area contributed by atoms with Crippen LogP contribution < -0.4 is 5.32 Å². The summed E-state index contributed by atoms with van der Waals surface area (Å²) in [6.45, 7) is 1.86. The maximum absolute atomic E-state index is 11.8. The Balaban J connectivity index is 2.00. The number of pyridine rings is 1. The van der Waals surface area contributed by atoms with Crippen LogP contribution in [-0.4, -0.2) is 21.9 Å². The second-order valence-electron chi connectivity index (χ2n) is 4.22. The zero-order valence-electron chi connectivity index (χ0n) is 11.0. The molecule has 0 saturated heterocycles. The molecule has 0 aliphatic heterocycles. The number of nitrogens with zero attached hydrogens (tertiary/aromatic N) is 3. The van der Waals surface area contributed by atoms with Crippen molar-refractivity contribution in [3.8, 4) is 16.6 Å². The van der Waals surface area contributed by atoms with Crippen molar-refractivity contribution in [2.45, 2.75) is 25.8 Å². The molecule has 0 saturated carbocycles. The molecule has 2 aromatic heterocycles. The van der Waals surface area contributed by atoms with Crippen molar-refractivity contribution in [3.05, 3.63) is 35.6 Å². The average Bonchev–Trinajstić information content (AvgIpc) is 2.94. The highest BCUT2D eigenvalue weighted by molar-refractivity contribution is 7.13. The Morgan fingerprint density at radius 2 is 2.45 bits per heavy atom. The van der Waals surface area contributed by atoms with Gasteiger partial charge < -0.3 is 5.32 Å². The molecule has 0 spiro atoms. The Bertz CT molecular complexity index is 618. The van der Waals surface area contributed by atoms with Gasteiger partial charge >= 0.3 is 0 Å². The first-order chi connectivity index (χ1) is 9.72. The van der Waals surface area contributed by atoms with E-state index in [0.717, 1.165) is 10.6 Å². The molecule has 2 aromatic rings. The molecule has 1 amide bonds. The van der Waals surface area contributed by atoms with E-state index in [-0.39, 0.29) is 12.3 Å². The van der Waals surface area contributed by atoms with E-state index >= 15 is 0 Å². The van der Waals surface area contributed by atoms with Crippen LogP contribution in [-0.2, 0) is 11.2 Å². The Kier molecular flexibility index (Phi) is 4.80. The Morgan fingerprint density at radius 1 is 1.60 bits per heavy atom. The largest absolute Gasteiger partial charge is 0.340 e. The van der Waals surface area contributed by atoms with E-state index in [2.05, 4.69) is 15.3 Å². The van der Waals surface area contributed by atoms with Gasteiger partial charge in [-0.05, 0) is 18.6 Å². The van der Waals surface area contributed by atoms with Crippen molar-refractivity contribution in [2.75, 3.05) is 0 Å². The number of aromatic nitrogens is 2. The maximum atomic E-state index is 11.8. The number of nitrogens with one attached hydrogen (secondary N) is 1. The Hall–Kier alpha value is -2.26. The molecule has 1 unspecified atom stereocenters. The number of hydrogen-bond acceptors (Lipinski definition) is 5. The molecule has 2 heterocycles. The molecule has 0 aliphatic carbocycles. The summed E-state index contributed by atoms with van der Waals surface area (Å²) in [4.78, 5) is 20.2. The van der Waals surface area contributed by atoms with Crippen molar-refractivity contribution in [2.24, 2.45) is 0 Å². The Labute approximate surface area is 121 Å². The number of rotatable bonds is 5. The van der Waals surface area contributed by atoms with E-state index in [1.165, 1.54) is 11.3 Å². The summed E-state index contributed by atoms with van der Waals surface area (Å²) in [6.07, 6.45) is 4.24. The summed E-state index contributed by atoms with van der Waals surface area (Å²) in [5, 5.41) is 14.2. The fraction of sp³-hybridized carbons (Fsp3) is 0.286. The third-order valence-corrected chi connectivity index (χ3v) is 3.64. The van der Waals surface area contributed by atoms with Crippen molar-refractivity contribution in [1.29, 1.82) is 5.26 Å². The van der Waals surface area contributed by atoms with E-state index in [9.17, 15) is 4.79 Å².